The molecule has 0 aromatic carbocycles. The van der Waals surface area contributed by atoms with Gasteiger partial charge in [0.15, 0.2) is 0 Å². The van der Waals surface area contributed by atoms with E-state index in [1.54, 1.807) is 6.20 Å². The summed E-state index contributed by atoms with van der Waals surface area (Å²) in [5, 5.41) is 2.69. The first-order valence-electron chi connectivity index (χ1n) is 3.91. The highest BCUT2D eigenvalue weighted by atomic mass is 16.1. The summed E-state index contributed by atoms with van der Waals surface area (Å²) in [5.74, 6) is 0.0139. The van der Waals surface area contributed by atoms with E-state index < -0.39 is 0 Å². The highest BCUT2D eigenvalue weighted by Gasteiger charge is 2.01. The molecule has 0 radical (unpaired) electrons. The van der Waals surface area contributed by atoms with Gasteiger partial charge in [-0.15, -0.1) is 0 Å². The molecule has 1 amide bonds. The summed E-state index contributed by atoms with van der Waals surface area (Å²) in [7, 11) is 0. The van der Waals surface area contributed by atoms with E-state index in [2.05, 4.69) is 10.3 Å². The zero-order valence-electron chi connectivity index (χ0n) is 6.84. The highest BCUT2D eigenvalue weighted by Crippen LogP contribution is 1.96. The topological polar surface area (TPSA) is 70.9 Å². The molecule has 1 heterocycles. The van der Waals surface area contributed by atoms with Gasteiger partial charge in [-0.3, -0.25) is 4.79 Å². The van der Waals surface area contributed by atoms with Crippen molar-refractivity contribution in [2.75, 3.05) is 13.1 Å². The molecule has 0 unspecified atom stereocenters. The van der Waals surface area contributed by atoms with Crippen molar-refractivity contribution in [3.8, 4) is 0 Å². The zero-order valence-corrected chi connectivity index (χ0v) is 6.84. The molecule has 0 bridgehead atoms. The molecule has 0 atom stereocenters. The summed E-state index contributed by atoms with van der Waals surface area (Å²) < 4.78 is 0. The minimum Gasteiger partial charge on any atom is -0.367 e. The fourth-order valence-electron chi connectivity index (χ4n) is 0.928. The van der Waals surface area contributed by atoms with Gasteiger partial charge in [0.05, 0.1) is 6.42 Å². The molecule has 66 valence electrons. The van der Waals surface area contributed by atoms with Crippen LogP contribution >= 0.6 is 0 Å². The first-order valence-corrected chi connectivity index (χ1v) is 3.91. The maximum absolute atomic E-state index is 11.1. The van der Waals surface area contributed by atoms with Gasteiger partial charge in [-0.05, 0) is 11.6 Å². The summed E-state index contributed by atoms with van der Waals surface area (Å²) in [6.45, 7) is 1.03. The van der Waals surface area contributed by atoms with Crippen molar-refractivity contribution in [3.05, 3.63) is 24.0 Å². The van der Waals surface area contributed by atoms with Crippen LogP contribution in [0.4, 0.5) is 0 Å². The van der Waals surface area contributed by atoms with Crippen LogP contribution in [0.15, 0.2) is 18.5 Å². The first-order chi connectivity index (χ1) is 5.83. The lowest BCUT2D eigenvalue weighted by Gasteiger charge is -2.00. The Labute approximate surface area is 71.2 Å². The molecule has 1 rings (SSSR count). The first kappa shape index (κ1) is 8.80. The van der Waals surface area contributed by atoms with E-state index >= 15 is 0 Å². The minimum atomic E-state index is 0.0139. The molecule has 0 saturated carbocycles. The second kappa shape index (κ2) is 4.56. The Morgan fingerprint density at radius 2 is 2.50 bits per heavy atom. The molecule has 0 aliphatic carbocycles. The number of rotatable bonds is 4. The van der Waals surface area contributed by atoms with Crippen LogP contribution in [0.5, 0.6) is 0 Å². The summed E-state index contributed by atoms with van der Waals surface area (Å²) in [5.41, 5.74) is 6.22. The molecule has 0 saturated heterocycles. The van der Waals surface area contributed by atoms with Crippen molar-refractivity contribution in [2.24, 2.45) is 5.73 Å². The Hall–Kier alpha value is -1.29. The quantitative estimate of drug-likeness (QED) is 0.572. The third-order valence-electron chi connectivity index (χ3n) is 1.49. The van der Waals surface area contributed by atoms with E-state index in [0.717, 1.165) is 5.56 Å². The predicted molar refractivity (Wildman–Crippen MR) is 46.6 cm³/mol. The monoisotopic (exact) mass is 167 g/mol. The summed E-state index contributed by atoms with van der Waals surface area (Å²) >= 11 is 0. The summed E-state index contributed by atoms with van der Waals surface area (Å²) in [6, 6.07) is 1.88. The maximum Gasteiger partial charge on any atom is 0.224 e. The van der Waals surface area contributed by atoms with Crippen molar-refractivity contribution >= 4 is 5.91 Å². The van der Waals surface area contributed by atoms with E-state index in [1.165, 1.54) is 0 Å². The molecule has 1 aromatic rings. The second-order valence-corrected chi connectivity index (χ2v) is 2.53. The lowest BCUT2D eigenvalue weighted by molar-refractivity contribution is -0.120. The molecule has 12 heavy (non-hydrogen) atoms. The van der Waals surface area contributed by atoms with E-state index in [-0.39, 0.29) is 5.91 Å². The fourth-order valence-corrected chi connectivity index (χ4v) is 0.928. The van der Waals surface area contributed by atoms with Crippen LogP contribution in [-0.4, -0.2) is 24.0 Å². The van der Waals surface area contributed by atoms with Crippen molar-refractivity contribution in [1.29, 1.82) is 0 Å². The number of nitrogens with two attached hydrogens (primary N) is 1. The van der Waals surface area contributed by atoms with Gasteiger partial charge in [0.2, 0.25) is 5.91 Å². The summed E-state index contributed by atoms with van der Waals surface area (Å²) in [6.07, 6.45) is 4.02. The van der Waals surface area contributed by atoms with Crippen molar-refractivity contribution in [2.45, 2.75) is 6.42 Å². The average molecular weight is 167 g/mol. The second-order valence-electron chi connectivity index (χ2n) is 2.53. The van der Waals surface area contributed by atoms with Crippen LogP contribution in [-0.2, 0) is 11.2 Å². The molecule has 0 spiro atoms. The standard InChI is InChI=1S/C8H13N3O/c9-2-4-11-8(12)5-7-1-3-10-6-7/h1,3,6,10H,2,4-5,9H2,(H,11,12). The molecule has 4 N–H and O–H groups in total. The Balaban J connectivity index is 2.27. The van der Waals surface area contributed by atoms with Gasteiger partial charge in [-0.1, -0.05) is 0 Å². The SMILES string of the molecule is NCCNC(=O)Cc1cc[nH]c1. The van der Waals surface area contributed by atoms with E-state index in [1.807, 2.05) is 12.3 Å². The Bertz CT molecular complexity index is 230. The Morgan fingerprint density at radius 3 is 3.08 bits per heavy atom. The van der Waals surface area contributed by atoms with Crippen LogP contribution in [0.25, 0.3) is 0 Å². The van der Waals surface area contributed by atoms with Crippen LogP contribution in [0.3, 0.4) is 0 Å². The number of nitrogens with one attached hydrogen (secondary N) is 2. The molecule has 1 aromatic heterocycles. The summed E-state index contributed by atoms with van der Waals surface area (Å²) in [4.78, 5) is 14.0. The zero-order chi connectivity index (χ0) is 8.81. The van der Waals surface area contributed by atoms with E-state index in [9.17, 15) is 4.79 Å². The fraction of sp³-hybridized carbons (Fsp3) is 0.375. The van der Waals surface area contributed by atoms with Crippen LogP contribution in [0.1, 0.15) is 5.56 Å². The molecular formula is C8H13N3O. The third kappa shape index (κ3) is 2.75. The van der Waals surface area contributed by atoms with Crippen LogP contribution in [0.2, 0.25) is 0 Å². The van der Waals surface area contributed by atoms with Gasteiger partial charge in [0, 0.05) is 25.5 Å². The van der Waals surface area contributed by atoms with Crippen LogP contribution in [0, 0.1) is 0 Å². The number of H-pyrrole nitrogens is 1. The minimum absolute atomic E-state index is 0.0139. The largest absolute Gasteiger partial charge is 0.367 e. The van der Waals surface area contributed by atoms with Gasteiger partial charge in [-0.2, -0.15) is 0 Å². The predicted octanol–water partition coefficient (Wildman–Crippen LogP) is -0.368. The smallest absolute Gasteiger partial charge is 0.224 e. The van der Waals surface area contributed by atoms with Crippen molar-refractivity contribution < 1.29 is 4.79 Å². The van der Waals surface area contributed by atoms with Gasteiger partial charge in [0.1, 0.15) is 0 Å². The number of hydrogen-bond donors (Lipinski definition) is 3. The molecule has 4 nitrogen and oxygen atoms in total. The molecule has 0 aliphatic rings. The number of aromatic amines is 1. The molecule has 4 heteroatoms. The van der Waals surface area contributed by atoms with E-state index in [4.69, 9.17) is 5.73 Å². The number of aromatic nitrogens is 1. The highest BCUT2D eigenvalue weighted by molar-refractivity contribution is 5.78. The third-order valence-corrected chi connectivity index (χ3v) is 1.49. The van der Waals surface area contributed by atoms with Gasteiger partial charge in [0.25, 0.3) is 0 Å². The molecule has 0 fully saturated rings. The van der Waals surface area contributed by atoms with E-state index in [0.29, 0.717) is 19.5 Å². The lowest BCUT2D eigenvalue weighted by atomic mass is 10.2. The Kier molecular flexibility index (Phi) is 3.35. The molecular weight excluding hydrogens is 154 g/mol. The van der Waals surface area contributed by atoms with Crippen molar-refractivity contribution in [3.63, 3.8) is 0 Å². The normalized spacial score (nSPS) is 9.75. The van der Waals surface area contributed by atoms with Crippen molar-refractivity contribution in [1.82, 2.24) is 10.3 Å². The number of amides is 1. The van der Waals surface area contributed by atoms with Gasteiger partial charge in [-0.25, -0.2) is 0 Å². The number of carbonyl (C=O) groups excluding carboxylic acids is 1. The molecule has 0 aliphatic heterocycles. The number of hydrogen-bond acceptors (Lipinski definition) is 2. The van der Waals surface area contributed by atoms with Gasteiger partial charge >= 0.3 is 0 Å². The maximum atomic E-state index is 11.1. The van der Waals surface area contributed by atoms with Gasteiger partial charge < -0.3 is 16.0 Å². The lowest BCUT2D eigenvalue weighted by Crippen LogP contribution is -2.30. The average Bonchev–Trinajstić information content (AvgIpc) is 2.53. The Morgan fingerprint density at radius 1 is 1.67 bits per heavy atom. The van der Waals surface area contributed by atoms with Crippen LogP contribution < -0.4 is 11.1 Å². The number of carbonyl (C=O) groups is 1.